The highest BCUT2D eigenvalue weighted by Crippen LogP contribution is 2.35. The third kappa shape index (κ3) is 16.9. The van der Waals surface area contributed by atoms with Crippen molar-refractivity contribution in [1.29, 1.82) is 0 Å². The molecule has 17 nitrogen and oxygen atoms in total. The molecule has 3 aromatic carbocycles. The number of guanidine groups is 1. The van der Waals surface area contributed by atoms with Crippen molar-refractivity contribution in [2.45, 2.75) is 31.7 Å². The number of unbranched alkanes of at least 4 members (excludes halogenated alkanes) is 1. The molecule has 0 heterocycles. The molecule has 0 aliphatic rings. The molecule has 1 atom stereocenters. The standard InChI is InChI=1S/C37H50N8O9/c38-37(39)41-14-4-3-7-34(46)42-26-35(47)44-32(25-36(48)49)28-10-8-27(9-11-28)29-12-13-33(31-6-2-1-5-30(29)31)54-24-23-53-22-21-52-20-19-51-18-17-50-16-15-43-45-40/h1-2,5-6,8-13,32H,3-4,7,14-26H2,(H,42,46)(H,44,47)(H,48,49)(H4,38,39,41)/t32-/m0/s1. The van der Waals surface area contributed by atoms with Gasteiger partial charge in [-0.3, -0.25) is 19.4 Å². The normalized spacial score (nSPS) is 11.3. The second kappa shape index (κ2) is 25.5. The number of rotatable bonds is 28. The number of aliphatic imine (C=N–C) groups is 1. The third-order valence-corrected chi connectivity index (χ3v) is 7.77. The van der Waals surface area contributed by atoms with E-state index in [1.54, 1.807) is 12.1 Å². The number of carbonyl (C=O) groups is 3. The third-order valence-electron chi connectivity index (χ3n) is 7.77. The van der Waals surface area contributed by atoms with E-state index in [1.807, 2.05) is 48.5 Å². The first kappa shape index (κ1) is 43.0. The van der Waals surface area contributed by atoms with Gasteiger partial charge in [0.1, 0.15) is 12.4 Å². The highest BCUT2D eigenvalue weighted by Gasteiger charge is 2.19. The largest absolute Gasteiger partial charge is 0.491 e. The number of nitrogens with two attached hydrogens (primary N) is 2. The Bertz CT molecular complexity index is 1680. The first-order valence-electron chi connectivity index (χ1n) is 17.7. The van der Waals surface area contributed by atoms with Crippen LogP contribution < -0.4 is 26.8 Å². The molecular formula is C37H50N8O9. The van der Waals surface area contributed by atoms with Gasteiger partial charge in [0.25, 0.3) is 0 Å². The van der Waals surface area contributed by atoms with Crippen LogP contribution in [-0.4, -0.2) is 108 Å². The van der Waals surface area contributed by atoms with Crippen LogP contribution in [0.1, 0.15) is 37.3 Å². The van der Waals surface area contributed by atoms with Gasteiger partial charge in [-0.2, -0.15) is 0 Å². The Morgan fingerprint density at radius 1 is 0.759 bits per heavy atom. The molecule has 0 spiro atoms. The van der Waals surface area contributed by atoms with Gasteiger partial charge in [-0.1, -0.05) is 59.7 Å². The maximum Gasteiger partial charge on any atom is 0.305 e. The average molecular weight is 751 g/mol. The quantitative estimate of drug-likeness (QED) is 0.0179. The molecule has 0 saturated heterocycles. The van der Waals surface area contributed by atoms with Gasteiger partial charge in [0.2, 0.25) is 11.8 Å². The van der Waals surface area contributed by atoms with Gasteiger partial charge in [-0.15, -0.1) is 0 Å². The van der Waals surface area contributed by atoms with Crippen LogP contribution >= 0.6 is 0 Å². The fourth-order valence-corrected chi connectivity index (χ4v) is 5.21. The minimum Gasteiger partial charge on any atom is -0.491 e. The molecule has 0 unspecified atom stereocenters. The van der Waals surface area contributed by atoms with E-state index in [0.717, 1.165) is 21.9 Å². The number of amides is 2. The molecule has 3 rings (SSSR count). The molecule has 0 fully saturated rings. The monoisotopic (exact) mass is 750 g/mol. The van der Waals surface area contributed by atoms with Crippen LogP contribution in [0.25, 0.3) is 32.3 Å². The molecule has 2 amide bonds. The van der Waals surface area contributed by atoms with E-state index in [1.165, 1.54) is 0 Å². The number of fused-ring (bicyclic) bond motifs is 1. The van der Waals surface area contributed by atoms with Crippen molar-refractivity contribution in [3.63, 3.8) is 0 Å². The van der Waals surface area contributed by atoms with E-state index in [9.17, 15) is 19.5 Å². The number of carbonyl (C=O) groups excluding carboxylic acids is 2. The second-order valence-electron chi connectivity index (χ2n) is 11.8. The summed E-state index contributed by atoms with van der Waals surface area (Å²) in [4.78, 5) is 43.0. The summed E-state index contributed by atoms with van der Waals surface area (Å²) in [5, 5.41) is 20.1. The SMILES string of the molecule is [N-]=[N+]=NCCOCCOCCOCCOCCOc1ccc(-c2ccc([C@H](CC(=O)O)NC(=O)CNC(=O)CCCCN=C(N)N)cc2)c2ccccc12. The van der Waals surface area contributed by atoms with Crippen molar-refractivity contribution in [2.24, 2.45) is 21.6 Å². The Kier molecular flexibility index (Phi) is 20.3. The van der Waals surface area contributed by atoms with Crippen molar-refractivity contribution < 1.29 is 43.2 Å². The van der Waals surface area contributed by atoms with Gasteiger partial charge < -0.3 is 50.9 Å². The second-order valence-corrected chi connectivity index (χ2v) is 11.8. The molecule has 292 valence electrons. The number of ether oxygens (including phenoxy) is 5. The molecule has 0 aliphatic carbocycles. The lowest BCUT2D eigenvalue weighted by Crippen LogP contribution is -2.39. The Balaban J connectivity index is 1.45. The van der Waals surface area contributed by atoms with E-state index in [0.29, 0.717) is 96.7 Å². The summed E-state index contributed by atoms with van der Waals surface area (Å²) in [5.74, 6) is -1.16. The molecule has 0 saturated carbocycles. The van der Waals surface area contributed by atoms with Gasteiger partial charge in [0.15, 0.2) is 5.96 Å². The molecule has 17 heteroatoms. The van der Waals surface area contributed by atoms with Crippen LogP contribution in [0.4, 0.5) is 0 Å². The van der Waals surface area contributed by atoms with E-state index in [4.69, 9.17) is 40.7 Å². The Hall–Kier alpha value is -5.45. The predicted molar refractivity (Wildman–Crippen MR) is 203 cm³/mol. The number of aliphatic carboxylic acids is 1. The number of benzene rings is 3. The van der Waals surface area contributed by atoms with Crippen LogP contribution in [0.3, 0.4) is 0 Å². The molecular weight excluding hydrogens is 700 g/mol. The van der Waals surface area contributed by atoms with E-state index < -0.39 is 17.9 Å². The number of nitrogens with zero attached hydrogens (tertiary/aromatic N) is 4. The van der Waals surface area contributed by atoms with Crippen LogP contribution in [0.15, 0.2) is 70.8 Å². The average Bonchev–Trinajstić information content (AvgIpc) is 3.16. The number of azide groups is 1. The number of hydrogen-bond donors (Lipinski definition) is 5. The van der Waals surface area contributed by atoms with Crippen molar-refractivity contribution in [2.75, 3.05) is 79.1 Å². The Morgan fingerprint density at radius 3 is 2.02 bits per heavy atom. The minimum absolute atomic E-state index is 0.00607. The van der Waals surface area contributed by atoms with Gasteiger partial charge in [-0.05, 0) is 46.5 Å². The van der Waals surface area contributed by atoms with Crippen molar-refractivity contribution in [3.05, 3.63) is 76.7 Å². The Labute approximate surface area is 313 Å². The zero-order valence-corrected chi connectivity index (χ0v) is 30.3. The van der Waals surface area contributed by atoms with Crippen LogP contribution in [-0.2, 0) is 33.3 Å². The molecule has 0 aromatic heterocycles. The minimum atomic E-state index is -1.07. The highest BCUT2D eigenvalue weighted by atomic mass is 16.6. The van der Waals surface area contributed by atoms with E-state index in [-0.39, 0.29) is 31.3 Å². The summed E-state index contributed by atoms with van der Waals surface area (Å²) in [6.45, 7) is 4.10. The zero-order chi connectivity index (χ0) is 38.8. The molecule has 54 heavy (non-hydrogen) atoms. The highest BCUT2D eigenvalue weighted by molar-refractivity contribution is 6.00. The first-order valence-corrected chi connectivity index (χ1v) is 17.7. The summed E-state index contributed by atoms with van der Waals surface area (Å²) in [6.07, 6.45) is 1.05. The van der Waals surface area contributed by atoms with Gasteiger partial charge >= 0.3 is 5.97 Å². The smallest absolute Gasteiger partial charge is 0.305 e. The number of nitrogens with one attached hydrogen (secondary N) is 2. The Morgan fingerprint density at radius 2 is 1.39 bits per heavy atom. The van der Waals surface area contributed by atoms with Crippen LogP contribution in [0, 0.1) is 0 Å². The van der Waals surface area contributed by atoms with E-state index >= 15 is 0 Å². The zero-order valence-electron chi connectivity index (χ0n) is 30.3. The van der Waals surface area contributed by atoms with Gasteiger partial charge in [-0.25, -0.2) is 0 Å². The fraction of sp³-hybridized carbons (Fsp3) is 0.459. The molecule has 3 aromatic rings. The summed E-state index contributed by atoms with van der Waals surface area (Å²) in [5.41, 5.74) is 21.2. The number of carboxylic acids is 1. The van der Waals surface area contributed by atoms with Gasteiger partial charge in [0.05, 0.1) is 71.9 Å². The number of hydrogen-bond acceptors (Lipinski definition) is 10. The fourth-order valence-electron chi connectivity index (χ4n) is 5.21. The first-order chi connectivity index (χ1) is 26.3. The molecule has 7 N–H and O–H groups in total. The van der Waals surface area contributed by atoms with E-state index in [2.05, 4.69) is 25.7 Å². The molecule has 0 radical (unpaired) electrons. The lowest BCUT2D eigenvalue weighted by molar-refractivity contribution is -0.138. The molecule has 0 bridgehead atoms. The predicted octanol–water partition coefficient (Wildman–Crippen LogP) is 3.45. The summed E-state index contributed by atoms with van der Waals surface area (Å²) < 4.78 is 27.9. The summed E-state index contributed by atoms with van der Waals surface area (Å²) in [7, 11) is 0. The lowest BCUT2D eigenvalue weighted by Gasteiger charge is -2.19. The molecule has 0 aliphatic heterocycles. The van der Waals surface area contributed by atoms with Gasteiger partial charge in [0, 0.05) is 29.8 Å². The maximum atomic E-state index is 12.7. The summed E-state index contributed by atoms with van der Waals surface area (Å²) in [6, 6.07) is 18.3. The van der Waals surface area contributed by atoms with Crippen LogP contribution in [0.5, 0.6) is 5.75 Å². The van der Waals surface area contributed by atoms with Crippen molar-refractivity contribution >= 4 is 34.5 Å². The van der Waals surface area contributed by atoms with Crippen LogP contribution in [0.2, 0.25) is 0 Å². The number of carboxylic acid groups (broad SMARTS) is 1. The van der Waals surface area contributed by atoms with Crippen molar-refractivity contribution in [3.8, 4) is 16.9 Å². The summed E-state index contributed by atoms with van der Waals surface area (Å²) >= 11 is 0. The lowest BCUT2D eigenvalue weighted by atomic mass is 9.95. The maximum absolute atomic E-state index is 12.7. The topological polar surface area (TPSA) is 255 Å². The van der Waals surface area contributed by atoms with Crippen molar-refractivity contribution in [1.82, 2.24) is 10.6 Å².